The zero-order valence-corrected chi connectivity index (χ0v) is 21.1. The summed E-state index contributed by atoms with van der Waals surface area (Å²) in [7, 11) is 1.62. The van der Waals surface area contributed by atoms with Crippen LogP contribution in [0.3, 0.4) is 0 Å². The van der Waals surface area contributed by atoms with Gasteiger partial charge in [0.15, 0.2) is 0 Å². The van der Waals surface area contributed by atoms with Crippen molar-refractivity contribution in [3.8, 4) is 17.0 Å². The average molecular weight is 487 g/mol. The number of hydrogen-bond acceptors (Lipinski definition) is 4. The van der Waals surface area contributed by atoms with Gasteiger partial charge in [0.05, 0.1) is 19.3 Å². The highest BCUT2D eigenvalue weighted by Gasteiger charge is 2.50. The molecule has 2 aliphatic rings. The molecule has 0 radical (unpaired) electrons. The Morgan fingerprint density at radius 2 is 1.75 bits per heavy atom. The number of hydrogen-bond donors (Lipinski definition) is 1. The van der Waals surface area contributed by atoms with Crippen molar-refractivity contribution in [2.24, 2.45) is 0 Å². The first-order chi connectivity index (χ1) is 17.5. The number of para-hydroxylation sites is 1. The predicted octanol–water partition coefficient (Wildman–Crippen LogP) is 4.81. The van der Waals surface area contributed by atoms with Crippen molar-refractivity contribution in [1.29, 1.82) is 0 Å². The van der Waals surface area contributed by atoms with Crippen LogP contribution in [0.1, 0.15) is 61.5 Å². The predicted molar refractivity (Wildman–Crippen MR) is 139 cm³/mol. The van der Waals surface area contributed by atoms with Crippen LogP contribution in [0, 0.1) is 0 Å². The first kappa shape index (κ1) is 24.1. The van der Waals surface area contributed by atoms with Gasteiger partial charge < -0.3 is 15.0 Å². The molecule has 2 heterocycles. The molecular weight excluding hydrogens is 452 g/mol. The number of amides is 2. The van der Waals surface area contributed by atoms with Crippen molar-refractivity contribution in [3.63, 3.8) is 0 Å². The van der Waals surface area contributed by atoms with E-state index in [0.29, 0.717) is 18.8 Å². The van der Waals surface area contributed by atoms with Crippen molar-refractivity contribution in [2.75, 3.05) is 7.11 Å². The van der Waals surface area contributed by atoms with Gasteiger partial charge in [-0.25, -0.2) is 0 Å². The fourth-order valence-corrected chi connectivity index (χ4v) is 5.66. The summed E-state index contributed by atoms with van der Waals surface area (Å²) in [6.07, 6.45) is 6.32. The maximum atomic E-state index is 14.0. The molecule has 7 heteroatoms. The van der Waals surface area contributed by atoms with Gasteiger partial charge in [0.1, 0.15) is 17.0 Å². The fraction of sp³-hybridized carbons (Fsp3) is 0.414. The third kappa shape index (κ3) is 4.50. The second-order valence-electron chi connectivity index (χ2n) is 10.0. The number of nitrogens with zero attached hydrogens (tertiary/aromatic N) is 3. The van der Waals surface area contributed by atoms with Crippen molar-refractivity contribution in [2.45, 2.75) is 70.1 Å². The topological polar surface area (TPSA) is 76.5 Å². The first-order valence-corrected chi connectivity index (χ1v) is 12.9. The van der Waals surface area contributed by atoms with Crippen LogP contribution in [0.4, 0.5) is 0 Å². The van der Waals surface area contributed by atoms with Gasteiger partial charge in [0.25, 0.3) is 5.91 Å². The maximum absolute atomic E-state index is 14.0. The van der Waals surface area contributed by atoms with Crippen LogP contribution in [0.25, 0.3) is 11.3 Å². The lowest BCUT2D eigenvalue weighted by Gasteiger charge is -2.47. The van der Waals surface area contributed by atoms with Crippen LogP contribution < -0.4 is 10.1 Å². The molecule has 0 spiro atoms. The van der Waals surface area contributed by atoms with E-state index < -0.39 is 5.54 Å². The number of nitrogens with one attached hydrogen (secondary N) is 1. The minimum atomic E-state index is -1.05. The summed E-state index contributed by atoms with van der Waals surface area (Å²) in [5, 5.41) is 7.87. The van der Waals surface area contributed by atoms with Gasteiger partial charge in [-0.2, -0.15) is 5.10 Å². The molecule has 1 aliphatic carbocycles. The average Bonchev–Trinajstić information content (AvgIpc) is 3.15. The number of benzene rings is 2. The zero-order valence-electron chi connectivity index (χ0n) is 21.1. The SMILES string of the molecule is COc1ccccc1CNC(=O)C1(C)Cn2nc(-c3ccccc3)cc2C(=O)N1C1CCCCCC1. The summed E-state index contributed by atoms with van der Waals surface area (Å²) in [5.74, 6) is 0.441. The molecule has 2 amide bonds. The Kier molecular flexibility index (Phi) is 6.81. The van der Waals surface area contributed by atoms with Gasteiger partial charge in [-0.05, 0) is 31.9 Å². The normalized spacial score (nSPS) is 20.5. The molecule has 0 saturated heterocycles. The largest absolute Gasteiger partial charge is 0.496 e. The van der Waals surface area contributed by atoms with E-state index in [1.165, 1.54) is 12.8 Å². The maximum Gasteiger partial charge on any atom is 0.273 e. The third-order valence-corrected chi connectivity index (χ3v) is 7.59. The molecule has 5 rings (SSSR count). The molecular formula is C29H34N4O3. The number of carbonyl (C=O) groups excluding carboxylic acids is 2. The van der Waals surface area contributed by atoms with Crippen LogP contribution >= 0.6 is 0 Å². The second-order valence-corrected chi connectivity index (χ2v) is 10.0. The minimum absolute atomic E-state index is 0.0332. The highest BCUT2D eigenvalue weighted by atomic mass is 16.5. The summed E-state index contributed by atoms with van der Waals surface area (Å²) < 4.78 is 7.18. The van der Waals surface area contributed by atoms with Gasteiger partial charge in [-0.1, -0.05) is 74.2 Å². The van der Waals surface area contributed by atoms with E-state index in [2.05, 4.69) is 5.32 Å². The molecule has 1 atom stereocenters. The number of fused-ring (bicyclic) bond motifs is 1. The Morgan fingerprint density at radius 3 is 2.47 bits per heavy atom. The Hall–Kier alpha value is -3.61. The van der Waals surface area contributed by atoms with Crippen LogP contribution in [0.2, 0.25) is 0 Å². The van der Waals surface area contributed by atoms with Gasteiger partial charge in [-0.15, -0.1) is 0 Å². The van der Waals surface area contributed by atoms with Crippen LogP contribution in [-0.4, -0.2) is 45.2 Å². The molecule has 36 heavy (non-hydrogen) atoms. The molecule has 2 aromatic carbocycles. The Balaban J connectivity index is 1.49. The Bertz CT molecular complexity index is 1230. The molecule has 1 fully saturated rings. The second kappa shape index (κ2) is 10.2. The van der Waals surface area contributed by atoms with Crippen molar-refractivity contribution < 1.29 is 14.3 Å². The fourth-order valence-electron chi connectivity index (χ4n) is 5.66. The van der Waals surface area contributed by atoms with Crippen molar-refractivity contribution in [1.82, 2.24) is 20.0 Å². The summed E-state index contributed by atoms with van der Waals surface area (Å²) in [6.45, 7) is 2.53. The van der Waals surface area contributed by atoms with Crippen molar-refractivity contribution in [3.05, 3.63) is 71.9 Å². The molecule has 1 saturated carbocycles. The van der Waals surface area contributed by atoms with E-state index in [1.54, 1.807) is 11.8 Å². The van der Waals surface area contributed by atoms with Gasteiger partial charge in [0.2, 0.25) is 5.91 Å². The smallest absolute Gasteiger partial charge is 0.273 e. The van der Waals surface area contributed by atoms with E-state index in [0.717, 1.165) is 48.3 Å². The van der Waals surface area contributed by atoms with Crippen LogP contribution in [-0.2, 0) is 17.9 Å². The van der Waals surface area contributed by atoms with Gasteiger partial charge in [0, 0.05) is 23.7 Å². The molecule has 3 aromatic rings. The highest BCUT2D eigenvalue weighted by Crippen LogP contribution is 2.35. The molecule has 1 aliphatic heterocycles. The van der Waals surface area contributed by atoms with Gasteiger partial charge in [-0.3, -0.25) is 14.3 Å². The van der Waals surface area contributed by atoms with E-state index in [-0.39, 0.29) is 17.9 Å². The summed E-state index contributed by atoms with van der Waals surface area (Å²) >= 11 is 0. The van der Waals surface area contributed by atoms with E-state index in [1.807, 2.05) is 72.5 Å². The summed E-state index contributed by atoms with van der Waals surface area (Å²) in [4.78, 5) is 29.8. The molecule has 0 bridgehead atoms. The molecule has 1 aromatic heterocycles. The zero-order chi connectivity index (χ0) is 25.1. The number of ether oxygens (including phenoxy) is 1. The van der Waals surface area contributed by atoms with E-state index in [9.17, 15) is 9.59 Å². The van der Waals surface area contributed by atoms with Crippen LogP contribution in [0.15, 0.2) is 60.7 Å². The lowest BCUT2D eigenvalue weighted by atomic mass is 9.90. The third-order valence-electron chi connectivity index (χ3n) is 7.59. The number of rotatable bonds is 6. The molecule has 188 valence electrons. The van der Waals surface area contributed by atoms with E-state index in [4.69, 9.17) is 9.84 Å². The Morgan fingerprint density at radius 1 is 1.06 bits per heavy atom. The lowest BCUT2D eigenvalue weighted by Crippen LogP contribution is -2.66. The highest BCUT2D eigenvalue weighted by molar-refractivity contribution is 6.00. The first-order valence-electron chi connectivity index (χ1n) is 12.9. The monoisotopic (exact) mass is 486 g/mol. The minimum Gasteiger partial charge on any atom is -0.496 e. The lowest BCUT2D eigenvalue weighted by molar-refractivity contribution is -0.135. The van der Waals surface area contributed by atoms with E-state index >= 15 is 0 Å². The number of aromatic nitrogens is 2. The number of methoxy groups -OCH3 is 1. The number of carbonyl (C=O) groups is 2. The standard InChI is InChI=1S/C29H34N4O3/c1-29(28(35)30-19-22-14-10-11-17-26(22)36-2)20-32-25(18-24(31-32)21-12-6-5-7-13-21)27(34)33(29)23-15-8-3-4-9-16-23/h5-7,10-14,17-18,23H,3-4,8-9,15-16,19-20H2,1-2H3,(H,30,35). The van der Waals surface area contributed by atoms with Gasteiger partial charge >= 0.3 is 0 Å². The molecule has 1 unspecified atom stereocenters. The molecule has 7 nitrogen and oxygen atoms in total. The Labute approximate surface area is 212 Å². The summed E-state index contributed by atoms with van der Waals surface area (Å²) in [5.41, 5.74) is 2.09. The van der Waals surface area contributed by atoms with Crippen LogP contribution in [0.5, 0.6) is 5.75 Å². The molecule has 1 N–H and O–H groups in total. The summed E-state index contributed by atoms with van der Waals surface area (Å²) in [6, 6.07) is 19.4. The quantitative estimate of drug-likeness (QED) is 0.507. The van der Waals surface area contributed by atoms with Crippen molar-refractivity contribution >= 4 is 11.8 Å².